The van der Waals surface area contributed by atoms with Gasteiger partial charge < -0.3 is 21.1 Å². The molecule has 3 aromatic rings. The molecule has 0 saturated carbocycles. The molecule has 29 heavy (non-hydrogen) atoms. The molecule has 1 amide bonds. The summed E-state index contributed by atoms with van der Waals surface area (Å²) < 4.78 is 5.39. The number of benzene rings is 1. The number of carbonyl (C=O) groups is 1. The van der Waals surface area contributed by atoms with E-state index in [9.17, 15) is 4.79 Å². The van der Waals surface area contributed by atoms with Crippen LogP contribution in [0.5, 0.6) is 5.88 Å². The van der Waals surface area contributed by atoms with Crippen molar-refractivity contribution in [1.29, 1.82) is 0 Å². The van der Waals surface area contributed by atoms with Gasteiger partial charge in [-0.3, -0.25) is 4.79 Å². The maximum absolute atomic E-state index is 12.4. The topological polar surface area (TPSA) is 115 Å². The highest BCUT2D eigenvalue weighted by atomic mass is 16.5. The second kappa shape index (κ2) is 9.84. The smallest absolute Gasteiger partial charge is 0.275 e. The SMILES string of the molecule is C=CCCOc1cnc(C(=O)Nc2cccc(CNc3cccnc3N)c2)cn1. The number of hydrogen-bond donors (Lipinski definition) is 3. The maximum atomic E-state index is 12.4. The second-order valence-corrected chi connectivity index (χ2v) is 6.11. The van der Waals surface area contributed by atoms with Gasteiger partial charge in [0.25, 0.3) is 5.91 Å². The number of nitrogens with zero attached hydrogens (tertiary/aromatic N) is 3. The molecule has 0 bridgehead atoms. The van der Waals surface area contributed by atoms with Crippen molar-refractivity contribution in [3.8, 4) is 5.88 Å². The van der Waals surface area contributed by atoms with Gasteiger partial charge in [-0.15, -0.1) is 6.58 Å². The highest BCUT2D eigenvalue weighted by Crippen LogP contribution is 2.17. The molecular formula is C21H22N6O2. The van der Waals surface area contributed by atoms with Gasteiger partial charge in [0.15, 0.2) is 0 Å². The molecule has 0 spiro atoms. The van der Waals surface area contributed by atoms with E-state index in [1.807, 2.05) is 30.3 Å². The summed E-state index contributed by atoms with van der Waals surface area (Å²) in [5, 5.41) is 6.05. The minimum atomic E-state index is -0.350. The van der Waals surface area contributed by atoms with Gasteiger partial charge in [0.2, 0.25) is 5.88 Å². The molecule has 2 heterocycles. The van der Waals surface area contributed by atoms with Gasteiger partial charge in [0.05, 0.1) is 24.7 Å². The Hall–Kier alpha value is -3.94. The third-order valence-corrected chi connectivity index (χ3v) is 3.94. The van der Waals surface area contributed by atoms with Gasteiger partial charge >= 0.3 is 0 Å². The van der Waals surface area contributed by atoms with Crippen molar-refractivity contribution in [3.05, 3.63) is 78.9 Å². The van der Waals surface area contributed by atoms with Gasteiger partial charge in [-0.05, 0) is 36.2 Å². The van der Waals surface area contributed by atoms with Crippen LogP contribution in [0.4, 0.5) is 17.2 Å². The van der Waals surface area contributed by atoms with E-state index in [0.29, 0.717) is 37.0 Å². The van der Waals surface area contributed by atoms with Crippen LogP contribution in [0.25, 0.3) is 0 Å². The van der Waals surface area contributed by atoms with Crippen molar-refractivity contribution in [3.63, 3.8) is 0 Å². The van der Waals surface area contributed by atoms with E-state index in [4.69, 9.17) is 10.5 Å². The number of nitrogen functional groups attached to an aromatic ring is 1. The van der Waals surface area contributed by atoms with Crippen LogP contribution < -0.4 is 21.1 Å². The van der Waals surface area contributed by atoms with E-state index >= 15 is 0 Å². The number of aromatic nitrogens is 3. The van der Waals surface area contributed by atoms with Crippen LogP contribution in [0.2, 0.25) is 0 Å². The molecule has 3 rings (SSSR count). The lowest BCUT2D eigenvalue weighted by atomic mass is 10.2. The summed E-state index contributed by atoms with van der Waals surface area (Å²) >= 11 is 0. The predicted octanol–water partition coefficient (Wildman–Crippen LogP) is 3.27. The normalized spacial score (nSPS) is 10.2. The number of amides is 1. The molecule has 2 aromatic heterocycles. The van der Waals surface area contributed by atoms with Crippen molar-refractivity contribution in [1.82, 2.24) is 15.0 Å². The molecule has 0 aliphatic rings. The Morgan fingerprint density at radius 3 is 2.83 bits per heavy atom. The van der Waals surface area contributed by atoms with Gasteiger partial charge in [0, 0.05) is 18.4 Å². The monoisotopic (exact) mass is 390 g/mol. The molecule has 0 unspecified atom stereocenters. The number of hydrogen-bond acceptors (Lipinski definition) is 7. The maximum Gasteiger partial charge on any atom is 0.275 e. The van der Waals surface area contributed by atoms with Gasteiger partial charge in [0.1, 0.15) is 11.5 Å². The highest BCUT2D eigenvalue weighted by molar-refractivity contribution is 6.02. The molecule has 0 saturated heterocycles. The van der Waals surface area contributed by atoms with E-state index in [2.05, 4.69) is 32.2 Å². The minimum absolute atomic E-state index is 0.202. The third-order valence-electron chi connectivity index (χ3n) is 3.94. The third kappa shape index (κ3) is 5.77. The minimum Gasteiger partial charge on any atom is -0.476 e. The predicted molar refractivity (Wildman–Crippen MR) is 113 cm³/mol. The number of nitrogens with two attached hydrogens (primary N) is 1. The van der Waals surface area contributed by atoms with Gasteiger partial charge in [-0.1, -0.05) is 18.2 Å². The van der Waals surface area contributed by atoms with E-state index in [1.54, 1.807) is 18.3 Å². The fraction of sp³-hybridized carbons (Fsp3) is 0.143. The summed E-state index contributed by atoms with van der Waals surface area (Å²) in [6.45, 7) is 4.63. The second-order valence-electron chi connectivity index (χ2n) is 6.11. The molecular weight excluding hydrogens is 368 g/mol. The zero-order valence-corrected chi connectivity index (χ0v) is 15.8. The van der Waals surface area contributed by atoms with E-state index < -0.39 is 0 Å². The first-order valence-corrected chi connectivity index (χ1v) is 9.06. The first kappa shape index (κ1) is 19.8. The largest absolute Gasteiger partial charge is 0.476 e. The summed E-state index contributed by atoms with van der Waals surface area (Å²) in [6, 6.07) is 11.2. The fourth-order valence-electron chi connectivity index (χ4n) is 2.47. The molecule has 0 radical (unpaired) electrons. The van der Waals surface area contributed by atoms with Crippen LogP contribution in [0.15, 0.2) is 67.6 Å². The average Bonchev–Trinajstić information content (AvgIpc) is 2.74. The first-order chi connectivity index (χ1) is 14.2. The molecule has 0 aliphatic heterocycles. The summed E-state index contributed by atoms with van der Waals surface area (Å²) in [5.74, 6) is 0.454. The summed E-state index contributed by atoms with van der Waals surface area (Å²) in [4.78, 5) is 24.7. The Kier molecular flexibility index (Phi) is 6.72. The lowest BCUT2D eigenvalue weighted by molar-refractivity contribution is 0.102. The molecule has 8 nitrogen and oxygen atoms in total. The average molecular weight is 390 g/mol. The standard InChI is InChI=1S/C21H22N6O2/c1-2-3-10-29-19-14-25-18(13-26-19)21(28)27-16-7-4-6-15(11-16)12-24-17-8-5-9-23-20(17)22/h2,4-9,11,13-14,24H,1,3,10,12H2,(H2,22,23)(H,27,28). The van der Waals surface area contributed by atoms with Crippen molar-refractivity contribution in [2.45, 2.75) is 13.0 Å². The van der Waals surface area contributed by atoms with Crippen LogP contribution >= 0.6 is 0 Å². The lowest BCUT2D eigenvalue weighted by Crippen LogP contribution is -2.14. The number of carbonyl (C=O) groups excluding carboxylic acids is 1. The molecule has 8 heteroatoms. The zero-order valence-electron chi connectivity index (χ0n) is 15.8. The molecule has 148 valence electrons. The lowest BCUT2D eigenvalue weighted by Gasteiger charge is -2.10. The summed E-state index contributed by atoms with van der Waals surface area (Å²) in [5.41, 5.74) is 8.42. The van der Waals surface area contributed by atoms with Crippen molar-refractivity contribution in [2.24, 2.45) is 0 Å². The Balaban J connectivity index is 1.58. The number of nitrogens with one attached hydrogen (secondary N) is 2. The molecule has 0 aliphatic carbocycles. The zero-order chi connectivity index (χ0) is 20.5. The molecule has 4 N–H and O–H groups in total. The van der Waals surface area contributed by atoms with Gasteiger partial charge in [-0.2, -0.15) is 0 Å². The Bertz CT molecular complexity index is 975. The van der Waals surface area contributed by atoms with Crippen LogP contribution in [0.3, 0.4) is 0 Å². The van der Waals surface area contributed by atoms with Gasteiger partial charge in [-0.25, -0.2) is 15.0 Å². The van der Waals surface area contributed by atoms with E-state index in [1.165, 1.54) is 12.4 Å². The summed E-state index contributed by atoms with van der Waals surface area (Å²) in [6.07, 6.45) is 6.92. The van der Waals surface area contributed by atoms with Crippen LogP contribution in [0, 0.1) is 0 Å². The number of rotatable bonds is 9. The first-order valence-electron chi connectivity index (χ1n) is 9.06. The van der Waals surface area contributed by atoms with Crippen LogP contribution in [0.1, 0.15) is 22.5 Å². The van der Waals surface area contributed by atoms with E-state index in [0.717, 1.165) is 11.3 Å². The number of ether oxygens (including phenoxy) is 1. The molecule has 0 fully saturated rings. The highest BCUT2D eigenvalue weighted by Gasteiger charge is 2.09. The molecule has 1 aromatic carbocycles. The number of pyridine rings is 1. The Morgan fingerprint density at radius 2 is 2.07 bits per heavy atom. The Morgan fingerprint density at radius 1 is 1.17 bits per heavy atom. The van der Waals surface area contributed by atoms with Crippen LogP contribution in [-0.4, -0.2) is 27.5 Å². The molecule has 0 atom stereocenters. The van der Waals surface area contributed by atoms with Crippen molar-refractivity contribution >= 4 is 23.1 Å². The van der Waals surface area contributed by atoms with Crippen molar-refractivity contribution < 1.29 is 9.53 Å². The fourth-order valence-corrected chi connectivity index (χ4v) is 2.47. The summed E-state index contributed by atoms with van der Waals surface area (Å²) in [7, 11) is 0. The van der Waals surface area contributed by atoms with E-state index in [-0.39, 0.29) is 11.6 Å². The number of anilines is 3. The Labute approximate surface area is 168 Å². The van der Waals surface area contributed by atoms with Crippen LogP contribution in [-0.2, 0) is 6.54 Å². The van der Waals surface area contributed by atoms with Crippen molar-refractivity contribution in [2.75, 3.05) is 23.0 Å². The quantitative estimate of drug-likeness (QED) is 0.379.